The van der Waals surface area contributed by atoms with Gasteiger partial charge < -0.3 is 18.8 Å². The van der Waals surface area contributed by atoms with E-state index in [1.54, 1.807) is 0 Å². The second-order valence-electron chi connectivity index (χ2n) is 9.23. The van der Waals surface area contributed by atoms with Crippen molar-refractivity contribution >= 4 is 55.8 Å². The smallest absolute Gasteiger partial charge is 0.293 e. The second kappa shape index (κ2) is 11.2. The van der Waals surface area contributed by atoms with Crippen LogP contribution in [0.1, 0.15) is 17.5 Å². The van der Waals surface area contributed by atoms with Gasteiger partial charge >= 0.3 is 0 Å². The van der Waals surface area contributed by atoms with Gasteiger partial charge in [0.1, 0.15) is 12.4 Å². The number of imide groups is 1. The molecule has 2 amide bonds. The SMILES string of the molecule is O=C1S/C(=C\c2cn(CCOc3ccc4c(c3)OCO4)c3ccc(Br)cc23)C(=O)N1CCCc1ccccc1. The molecule has 2 aliphatic heterocycles. The number of rotatable bonds is 9. The molecule has 3 heterocycles. The molecule has 9 heteroatoms. The molecule has 0 aliphatic carbocycles. The van der Waals surface area contributed by atoms with Gasteiger partial charge in [0.15, 0.2) is 11.5 Å². The van der Waals surface area contributed by atoms with Gasteiger partial charge in [0.2, 0.25) is 6.79 Å². The second-order valence-corrected chi connectivity index (χ2v) is 11.1. The fourth-order valence-electron chi connectivity index (χ4n) is 4.75. The van der Waals surface area contributed by atoms with Gasteiger partial charge in [-0.3, -0.25) is 14.5 Å². The van der Waals surface area contributed by atoms with Gasteiger partial charge in [0.05, 0.1) is 11.4 Å². The molecule has 0 saturated carbocycles. The summed E-state index contributed by atoms with van der Waals surface area (Å²) in [6.07, 6.45) is 5.37. The summed E-state index contributed by atoms with van der Waals surface area (Å²) in [6.45, 7) is 1.67. The van der Waals surface area contributed by atoms with Crippen molar-refractivity contribution in [2.45, 2.75) is 19.4 Å². The van der Waals surface area contributed by atoms with Gasteiger partial charge in [0, 0.05) is 39.7 Å². The van der Waals surface area contributed by atoms with E-state index in [-0.39, 0.29) is 17.9 Å². The number of halogens is 1. The van der Waals surface area contributed by atoms with E-state index in [1.165, 1.54) is 10.5 Å². The highest BCUT2D eigenvalue weighted by Gasteiger charge is 2.34. The van der Waals surface area contributed by atoms with Gasteiger partial charge in [-0.15, -0.1) is 0 Å². The highest BCUT2D eigenvalue weighted by molar-refractivity contribution is 9.10. The number of aryl methyl sites for hydroxylation is 1. The molecule has 0 unspecified atom stereocenters. The quantitative estimate of drug-likeness (QED) is 0.194. The molecule has 39 heavy (non-hydrogen) atoms. The molecule has 1 saturated heterocycles. The number of carbonyl (C=O) groups excluding carboxylic acids is 2. The largest absolute Gasteiger partial charge is 0.492 e. The number of hydrogen-bond donors (Lipinski definition) is 0. The standard InChI is InChI=1S/C30H25BrN2O5S/c31-22-8-10-25-24(16-22)21(18-32(25)13-14-36-23-9-11-26-27(17-23)38-19-37-26)15-28-29(34)33(30(35)39-28)12-4-7-20-5-2-1-3-6-20/h1-3,5-6,8-11,15-18H,4,7,12-14,19H2/b28-15-. The van der Waals surface area contributed by atoms with Crippen molar-refractivity contribution in [3.63, 3.8) is 0 Å². The lowest BCUT2D eigenvalue weighted by Gasteiger charge is -2.12. The summed E-state index contributed by atoms with van der Waals surface area (Å²) in [7, 11) is 0. The lowest BCUT2D eigenvalue weighted by molar-refractivity contribution is -0.122. The molecule has 3 aromatic carbocycles. The van der Waals surface area contributed by atoms with E-state index in [9.17, 15) is 9.59 Å². The summed E-state index contributed by atoms with van der Waals surface area (Å²) in [5.74, 6) is 1.87. The Labute approximate surface area is 238 Å². The van der Waals surface area contributed by atoms with Crippen LogP contribution < -0.4 is 14.2 Å². The maximum absolute atomic E-state index is 13.1. The van der Waals surface area contributed by atoms with Crippen molar-refractivity contribution in [2.24, 2.45) is 0 Å². The van der Waals surface area contributed by atoms with E-state index in [0.29, 0.717) is 36.1 Å². The van der Waals surface area contributed by atoms with Crippen molar-refractivity contribution < 1.29 is 23.8 Å². The van der Waals surface area contributed by atoms with E-state index in [0.717, 1.165) is 51.3 Å². The summed E-state index contributed by atoms with van der Waals surface area (Å²) >= 11 is 4.56. The summed E-state index contributed by atoms with van der Waals surface area (Å²) < 4.78 is 19.8. The van der Waals surface area contributed by atoms with Crippen molar-refractivity contribution in [3.8, 4) is 17.2 Å². The topological polar surface area (TPSA) is 70.0 Å². The lowest BCUT2D eigenvalue weighted by atomic mass is 10.1. The minimum absolute atomic E-state index is 0.221. The minimum Gasteiger partial charge on any atom is -0.492 e. The Morgan fingerprint density at radius 1 is 0.974 bits per heavy atom. The molecule has 1 fully saturated rings. The first-order valence-corrected chi connectivity index (χ1v) is 14.3. The molecule has 1 aromatic heterocycles. The Hall–Kier alpha value is -3.69. The maximum atomic E-state index is 13.1. The molecule has 0 N–H and O–H groups in total. The molecule has 0 bridgehead atoms. The number of benzene rings is 3. The molecule has 0 spiro atoms. The summed E-state index contributed by atoms with van der Waals surface area (Å²) in [5.41, 5.74) is 3.09. The van der Waals surface area contributed by atoms with Gasteiger partial charge in [-0.2, -0.15) is 0 Å². The number of hydrogen-bond acceptors (Lipinski definition) is 6. The van der Waals surface area contributed by atoms with Gasteiger partial charge in [-0.25, -0.2) is 0 Å². The molecule has 0 radical (unpaired) electrons. The molecule has 7 nitrogen and oxygen atoms in total. The van der Waals surface area contributed by atoms with Crippen LogP contribution in [0.15, 0.2) is 82.3 Å². The molecule has 2 aliphatic rings. The van der Waals surface area contributed by atoms with Crippen LogP contribution >= 0.6 is 27.7 Å². The van der Waals surface area contributed by atoms with Crippen molar-refractivity contribution in [3.05, 3.63) is 93.4 Å². The van der Waals surface area contributed by atoms with Crippen LogP contribution in [0.2, 0.25) is 0 Å². The summed E-state index contributed by atoms with van der Waals surface area (Å²) in [5, 5.41) is 0.768. The zero-order valence-corrected chi connectivity index (χ0v) is 23.4. The van der Waals surface area contributed by atoms with E-state index in [2.05, 4.69) is 32.6 Å². The van der Waals surface area contributed by atoms with Crippen LogP contribution in [0.25, 0.3) is 17.0 Å². The molecular formula is C30H25BrN2O5S. The van der Waals surface area contributed by atoms with Gasteiger partial charge in [0.25, 0.3) is 11.1 Å². The van der Waals surface area contributed by atoms with E-state index in [4.69, 9.17) is 14.2 Å². The molecular weight excluding hydrogens is 580 g/mol. The number of thioether (sulfide) groups is 1. The summed E-state index contributed by atoms with van der Waals surface area (Å²) in [6, 6.07) is 21.7. The van der Waals surface area contributed by atoms with Crippen LogP contribution in [0.5, 0.6) is 17.2 Å². The third-order valence-corrected chi connectivity index (χ3v) is 8.07. The average molecular weight is 606 g/mol. The Bertz CT molecular complexity index is 1580. The number of carbonyl (C=O) groups is 2. The minimum atomic E-state index is -0.236. The fourth-order valence-corrected chi connectivity index (χ4v) is 5.96. The van der Waals surface area contributed by atoms with Crippen LogP contribution in [0.4, 0.5) is 4.79 Å². The molecule has 198 valence electrons. The predicted molar refractivity (Wildman–Crippen MR) is 155 cm³/mol. The van der Waals surface area contributed by atoms with E-state index in [1.807, 2.05) is 66.9 Å². The van der Waals surface area contributed by atoms with Crippen molar-refractivity contribution in [1.29, 1.82) is 0 Å². The molecule has 4 aromatic rings. The Kier molecular flexibility index (Phi) is 7.34. The maximum Gasteiger partial charge on any atom is 0.293 e. The highest BCUT2D eigenvalue weighted by atomic mass is 79.9. The number of aromatic nitrogens is 1. The number of amides is 2. The van der Waals surface area contributed by atoms with Crippen LogP contribution in [-0.2, 0) is 17.8 Å². The van der Waals surface area contributed by atoms with Crippen LogP contribution in [0.3, 0.4) is 0 Å². The number of nitrogens with zero attached hydrogens (tertiary/aromatic N) is 2. The van der Waals surface area contributed by atoms with Crippen LogP contribution in [0, 0.1) is 0 Å². The predicted octanol–water partition coefficient (Wildman–Crippen LogP) is 6.88. The van der Waals surface area contributed by atoms with Gasteiger partial charge in [-0.05, 0) is 66.6 Å². The number of ether oxygens (including phenoxy) is 3. The first kappa shape index (κ1) is 25.6. The van der Waals surface area contributed by atoms with E-state index < -0.39 is 0 Å². The van der Waals surface area contributed by atoms with Gasteiger partial charge in [-0.1, -0.05) is 46.3 Å². The van der Waals surface area contributed by atoms with E-state index >= 15 is 0 Å². The van der Waals surface area contributed by atoms with Crippen molar-refractivity contribution in [2.75, 3.05) is 19.9 Å². The number of fused-ring (bicyclic) bond motifs is 2. The monoisotopic (exact) mass is 604 g/mol. The first-order valence-electron chi connectivity index (χ1n) is 12.7. The third-order valence-electron chi connectivity index (χ3n) is 6.67. The highest BCUT2D eigenvalue weighted by Crippen LogP contribution is 2.36. The molecule has 6 rings (SSSR count). The Morgan fingerprint density at radius 3 is 2.69 bits per heavy atom. The Morgan fingerprint density at radius 2 is 1.82 bits per heavy atom. The molecule has 0 atom stereocenters. The summed E-state index contributed by atoms with van der Waals surface area (Å²) in [4.78, 5) is 27.6. The average Bonchev–Trinajstić information content (AvgIpc) is 3.61. The van der Waals surface area contributed by atoms with Crippen molar-refractivity contribution in [1.82, 2.24) is 9.47 Å². The zero-order chi connectivity index (χ0) is 26.8. The third kappa shape index (κ3) is 5.55. The van der Waals surface area contributed by atoms with Crippen LogP contribution in [-0.4, -0.2) is 40.6 Å². The Balaban J connectivity index is 1.16. The lowest BCUT2D eigenvalue weighted by Crippen LogP contribution is -2.29. The normalized spacial score (nSPS) is 15.6. The fraction of sp³-hybridized carbons (Fsp3) is 0.200. The zero-order valence-electron chi connectivity index (χ0n) is 21.0. The first-order chi connectivity index (χ1) is 19.0.